The molecule has 1 unspecified atom stereocenters. The van der Waals surface area contributed by atoms with Crippen LogP contribution in [-0.4, -0.2) is 11.2 Å². The van der Waals surface area contributed by atoms with E-state index in [4.69, 9.17) is 5.41 Å². The summed E-state index contributed by atoms with van der Waals surface area (Å²) in [7, 11) is 0. The first kappa shape index (κ1) is 11.9. The average Bonchev–Trinajstić information content (AvgIpc) is 2.30. The van der Waals surface area contributed by atoms with E-state index in [1.54, 1.807) is 6.20 Å². The van der Waals surface area contributed by atoms with Gasteiger partial charge in [-0.25, -0.2) is 0 Å². The maximum absolute atomic E-state index is 7.40. The minimum atomic E-state index is 0.204. The number of hydrogen-bond acceptors (Lipinski definition) is 2. The third-order valence-electron chi connectivity index (χ3n) is 2.50. The molecule has 0 bridgehead atoms. The second kappa shape index (κ2) is 7.16. The van der Waals surface area contributed by atoms with Gasteiger partial charge < -0.3 is 5.41 Å². The van der Waals surface area contributed by atoms with Gasteiger partial charge in [0.05, 0.1) is 0 Å². The molecule has 0 aliphatic heterocycles. The van der Waals surface area contributed by atoms with Gasteiger partial charge in [0.15, 0.2) is 0 Å². The molecule has 15 heavy (non-hydrogen) atoms. The molecule has 1 radical (unpaired) electrons. The number of nitrogens with one attached hydrogen (secondary N) is 1. The van der Waals surface area contributed by atoms with E-state index >= 15 is 0 Å². The number of nitrogens with zero attached hydrogens (tertiary/aromatic N) is 1. The van der Waals surface area contributed by atoms with E-state index in [0.717, 1.165) is 18.4 Å². The number of pyridine rings is 1. The Hall–Kier alpha value is -1.18. The summed E-state index contributed by atoms with van der Waals surface area (Å²) in [6.07, 6.45) is 12.0. The lowest BCUT2D eigenvalue weighted by molar-refractivity contribution is 0.729. The standard InChI is InChI=1S/C13H19N2/c1-2-3-4-5-7-12(10-14)13-8-6-9-15-11-13/h5-6,8-12,14H,2-4,7H2,1H3. The minimum Gasteiger partial charge on any atom is -0.312 e. The Morgan fingerprint density at radius 2 is 2.40 bits per heavy atom. The van der Waals surface area contributed by atoms with Crippen molar-refractivity contribution in [3.05, 3.63) is 36.5 Å². The van der Waals surface area contributed by atoms with Crippen molar-refractivity contribution in [1.82, 2.24) is 4.98 Å². The Labute approximate surface area is 92.3 Å². The molecule has 1 aromatic rings. The Balaban J connectivity index is 2.39. The van der Waals surface area contributed by atoms with Gasteiger partial charge in [-0.15, -0.1) is 0 Å². The molecule has 81 valence electrons. The van der Waals surface area contributed by atoms with Gasteiger partial charge in [-0.1, -0.05) is 32.3 Å². The zero-order valence-corrected chi connectivity index (χ0v) is 9.32. The quantitative estimate of drug-likeness (QED) is 0.533. The third kappa shape index (κ3) is 4.24. The van der Waals surface area contributed by atoms with Gasteiger partial charge in [0.2, 0.25) is 0 Å². The lowest BCUT2D eigenvalue weighted by atomic mass is 9.95. The number of unbranched alkanes of at least 4 members (excludes halogenated alkanes) is 3. The number of rotatable bonds is 7. The van der Waals surface area contributed by atoms with Crippen molar-refractivity contribution in [1.29, 1.82) is 5.41 Å². The van der Waals surface area contributed by atoms with E-state index in [-0.39, 0.29) is 5.92 Å². The smallest absolute Gasteiger partial charge is 0.0306 e. The molecule has 0 saturated carbocycles. The molecule has 2 heteroatoms. The van der Waals surface area contributed by atoms with Gasteiger partial charge in [0.1, 0.15) is 0 Å². The van der Waals surface area contributed by atoms with E-state index in [1.165, 1.54) is 19.1 Å². The fraction of sp³-hybridized carbons (Fsp3) is 0.462. The molecule has 0 aliphatic rings. The van der Waals surface area contributed by atoms with Gasteiger partial charge in [-0.3, -0.25) is 4.98 Å². The van der Waals surface area contributed by atoms with E-state index in [2.05, 4.69) is 18.3 Å². The summed E-state index contributed by atoms with van der Waals surface area (Å²) in [6.45, 7) is 2.20. The van der Waals surface area contributed by atoms with Crippen molar-refractivity contribution >= 4 is 6.21 Å². The highest BCUT2D eigenvalue weighted by molar-refractivity contribution is 5.64. The van der Waals surface area contributed by atoms with Gasteiger partial charge in [-0.05, 0) is 24.5 Å². The van der Waals surface area contributed by atoms with Crippen LogP contribution in [0.4, 0.5) is 0 Å². The van der Waals surface area contributed by atoms with Crippen molar-refractivity contribution in [3.63, 3.8) is 0 Å². The largest absolute Gasteiger partial charge is 0.312 e. The Bertz CT molecular complexity index is 269. The molecule has 2 nitrogen and oxygen atoms in total. The molecule has 0 spiro atoms. The van der Waals surface area contributed by atoms with Crippen LogP contribution in [0, 0.1) is 11.8 Å². The van der Waals surface area contributed by atoms with Gasteiger partial charge in [0, 0.05) is 24.5 Å². The van der Waals surface area contributed by atoms with Gasteiger partial charge in [0.25, 0.3) is 0 Å². The minimum absolute atomic E-state index is 0.204. The van der Waals surface area contributed by atoms with Crippen LogP contribution in [0.25, 0.3) is 0 Å². The third-order valence-corrected chi connectivity index (χ3v) is 2.50. The molecule has 0 aliphatic carbocycles. The molecular formula is C13H19N2. The highest BCUT2D eigenvalue weighted by Crippen LogP contribution is 2.19. The zero-order chi connectivity index (χ0) is 10.9. The summed E-state index contributed by atoms with van der Waals surface area (Å²) in [5.74, 6) is 0.204. The highest BCUT2D eigenvalue weighted by atomic mass is 14.6. The SMILES string of the molecule is CCCC[CH]CC(C=N)c1cccnc1. The van der Waals surface area contributed by atoms with Crippen LogP contribution in [0.15, 0.2) is 24.5 Å². The fourth-order valence-electron chi connectivity index (χ4n) is 1.54. The van der Waals surface area contributed by atoms with Crippen LogP contribution in [0.2, 0.25) is 0 Å². The molecule has 1 atom stereocenters. The predicted molar refractivity (Wildman–Crippen MR) is 64.2 cm³/mol. The molecule has 1 heterocycles. The van der Waals surface area contributed by atoms with Crippen molar-refractivity contribution in [2.24, 2.45) is 0 Å². The summed E-state index contributed by atoms with van der Waals surface area (Å²) < 4.78 is 0. The first-order chi connectivity index (χ1) is 7.38. The molecule has 1 N–H and O–H groups in total. The number of hydrogen-bond donors (Lipinski definition) is 1. The topological polar surface area (TPSA) is 36.7 Å². The zero-order valence-electron chi connectivity index (χ0n) is 9.32. The Kier molecular flexibility index (Phi) is 5.67. The molecule has 0 fully saturated rings. The fourth-order valence-corrected chi connectivity index (χ4v) is 1.54. The van der Waals surface area contributed by atoms with Crippen molar-refractivity contribution in [2.45, 2.75) is 38.5 Å². The maximum atomic E-state index is 7.40. The summed E-state index contributed by atoms with van der Waals surface area (Å²) in [6, 6.07) is 3.97. The van der Waals surface area contributed by atoms with E-state index in [0.29, 0.717) is 0 Å². The van der Waals surface area contributed by atoms with Gasteiger partial charge >= 0.3 is 0 Å². The Morgan fingerprint density at radius 3 is 3.00 bits per heavy atom. The second-order valence-corrected chi connectivity index (χ2v) is 3.73. The highest BCUT2D eigenvalue weighted by Gasteiger charge is 2.07. The van der Waals surface area contributed by atoms with Crippen LogP contribution in [0.1, 0.15) is 44.1 Å². The molecule has 0 aromatic carbocycles. The summed E-state index contributed by atoms with van der Waals surface area (Å²) in [4.78, 5) is 4.08. The summed E-state index contributed by atoms with van der Waals surface area (Å²) in [5, 5.41) is 7.40. The molecule has 1 rings (SSSR count). The lowest BCUT2D eigenvalue weighted by Gasteiger charge is -2.10. The maximum Gasteiger partial charge on any atom is 0.0306 e. The van der Waals surface area contributed by atoms with E-state index < -0.39 is 0 Å². The molecule has 0 amide bonds. The average molecular weight is 203 g/mol. The van der Waals surface area contributed by atoms with Crippen molar-refractivity contribution < 1.29 is 0 Å². The first-order valence-corrected chi connectivity index (χ1v) is 5.60. The molecule has 1 aromatic heterocycles. The Morgan fingerprint density at radius 1 is 1.53 bits per heavy atom. The number of aromatic nitrogens is 1. The van der Waals surface area contributed by atoms with Crippen LogP contribution < -0.4 is 0 Å². The van der Waals surface area contributed by atoms with Crippen molar-refractivity contribution in [3.8, 4) is 0 Å². The molecular weight excluding hydrogens is 184 g/mol. The lowest BCUT2D eigenvalue weighted by Crippen LogP contribution is -2.00. The van der Waals surface area contributed by atoms with Crippen molar-refractivity contribution in [2.75, 3.05) is 0 Å². The second-order valence-electron chi connectivity index (χ2n) is 3.73. The van der Waals surface area contributed by atoms with E-state index in [9.17, 15) is 0 Å². The molecule has 0 saturated heterocycles. The van der Waals surface area contributed by atoms with Crippen LogP contribution in [0.3, 0.4) is 0 Å². The monoisotopic (exact) mass is 203 g/mol. The summed E-state index contributed by atoms with van der Waals surface area (Å²) in [5.41, 5.74) is 1.14. The van der Waals surface area contributed by atoms with Crippen LogP contribution in [-0.2, 0) is 0 Å². The predicted octanol–water partition coefficient (Wildman–Crippen LogP) is 3.60. The van der Waals surface area contributed by atoms with E-state index in [1.807, 2.05) is 18.3 Å². The van der Waals surface area contributed by atoms with Crippen LogP contribution in [0.5, 0.6) is 0 Å². The normalized spacial score (nSPS) is 12.3. The van der Waals surface area contributed by atoms with Crippen LogP contribution >= 0.6 is 0 Å². The summed E-state index contributed by atoms with van der Waals surface area (Å²) >= 11 is 0. The van der Waals surface area contributed by atoms with Gasteiger partial charge in [-0.2, -0.15) is 0 Å². The first-order valence-electron chi connectivity index (χ1n) is 5.60.